The van der Waals surface area contributed by atoms with Gasteiger partial charge in [0.2, 0.25) is 0 Å². The maximum Gasteiger partial charge on any atom is 0.167 e. The van der Waals surface area contributed by atoms with Crippen LogP contribution >= 0.6 is 0 Å². The second-order valence-corrected chi connectivity index (χ2v) is 3.18. The highest BCUT2D eigenvalue weighted by Gasteiger charge is 2.03. The van der Waals surface area contributed by atoms with Crippen molar-refractivity contribution in [2.75, 3.05) is 0 Å². The molecule has 16 heavy (non-hydrogen) atoms. The Bertz CT molecular complexity index is 591. The molecular weight excluding hydrogens is 204 g/mol. The van der Waals surface area contributed by atoms with Crippen LogP contribution in [0.25, 0.3) is 16.9 Å². The molecule has 0 bridgehead atoms. The van der Waals surface area contributed by atoms with Crippen LogP contribution in [0.1, 0.15) is 0 Å². The van der Waals surface area contributed by atoms with E-state index in [-0.39, 0.29) is 5.48 Å². The van der Waals surface area contributed by atoms with E-state index >= 15 is 0 Å². The van der Waals surface area contributed by atoms with Crippen LogP contribution in [0.15, 0.2) is 49.2 Å². The third-order valence-corrected chi connectivity index (χ3v) is 2.25. The van der Waals surface area contributed by atoms with Gasteiger partial charge >= 0.3 is 0 Å². The van der Waals surface area contributed by atoms with Crippen LogP contribution in [0.5, 0.6) is 0 Å². The molecule has 0 spiro atoms. The summed E-state index contributed by atoms with van der Waals surface area (Å²) in [7, 11) is 0. The molecule has 0 amide bonds. The standard InChI is InChI=1S/C11H8N4.H2O/c1-2-4-9(5-3-1)15-8-14-10-6-12-7-13-11(10)15;/h1-8H;1H2. The van der Waals surface area contributed by atoms with Crippen LogP contribution in [0.3, 0.4) is 0 Å². The average Bonchev–Trinajstić information content (AvgIpc) is 2.74. The number of para-hydroxylation sites is 1. The van der Waals surface area contributed by atoms with Gasteiger partial charge in [0.25, 0.3) is 0 Å². The molecule has 0 aliphatic carbocycles. The van der Waals surface area contributed by atoms with Crippen LogP contribution in [-0.2, 0) is 0 Å². The minimum atomic E-state index is 0. The minimum Gasteiger partial charge on any atom is -0.412 e. The quantitative estimate of drug-likeness (QED) is 0.606. The zero-order chi connectivity index (χ0) is 10.1. The predicted molar refractivity (Wildman–Crippen MR) is 60.3 cm³/mol. The van der Waals surface area contributed by atoms with E-state index in [0.717, 1.165) is 16.9 Å². The first-order valence-electron chi connectivity index (χ1n) is 4.63. The zero-order valence-electron chi connectivity index (χ0n) is 8.41. The van der Waals surface area contributed by atoms with Crippen LogP contribution in [0.4, 0.5) is 0 Å². The lowest BCUT2D eigenvalue weighted by molar-refractivity contribution is 0.824. The molecule has 0 saturated heterocycles. The van der Waals surface area contributed by atoms with Crippen molar-refractivity contribution in [2.24, 2.45) is 0 Å². The molecule has 1 aromatic carbocycles. The number of fused-ring (bicyclic) bond motifs is 1. The number of hydrogen-bond donors (Lipinski definition) is 0. The number of hydrogen-bond acceptors (Lipinski definition) is 3. The lowest BCUT2D eigenvalue weighted by Gasteiger charge is -2.01. The Morgan fingerprint density at radius 1 is 1.00 bits per heavy atom. The van der Waals surface area contributed by atoms with E-state index in [9.17, 15) is 0 Å². The summed E-state index contributed by atoms with van der Waals surface area (Å²) in [4.78, 5) is 12.4. The molecule has 5 nitrogen and oxygen atoms in total. The summed E-state index contributed by atoms with van der Waals surface area (Å²) in [5.74, 6) is 0. The monoisotopic (exact) mass is 214 g/mol. The fraction of sp³-hybridized carbons (Fsp3) is 0. The predicted octanol–water partition coefficient (Wildman–Crippen LogP) is 0.991. The highest BCUT2D eigenvalue weighted by molar-refractivity contribution is 5.71. The van der Waals surface area contributed by atoms with Gasteiger partial charge in [-0.15, -0.1) is 0 Å². The van der Waals surface area contributed by atoms with Gasteiger partial charge in [-0.1, -0.05) is 18.2 Å². The molecule has 2 aromatic heterocycles. The van der Waals surface area contributed by atoms with E-state index in [2.05, 4.69) is 15.0 Å². The third-order valence-electron chi connectivity index (χ3n) is 2.25. The molecular formula is C11H10N4O. The summed E-state index contributed by atoms with van der Waals surface area (Å²) in [6, 6.07) is 9.99. The summed E-state index contributed by atoms with van der Waals surface area (Å²) in [5.41, 5.74) is 2.69. The van der Waals surface area contributed by atoms with E-state index in [0.29, 0.717) is 0 Å². The summed E-state index contributed by atoms with van der Waals surface area (Å²) in [6.45, 7) is 0. The fourth-order valence-electron chi connectivity index (χ4n) is 1.54. The van der Waals surface area contributed by atoms with Gasteiger partial charge in [-0.25, -0.2) is 15.0 Å². The molecule has 0 atom stereocenters. The van der Waals surface area contributed by atoms with Gasteiger partial charge in [0.05, 0.1) is 6.20 Å². The van der Waals surface area contributed by atoms with Crippen molar-refractivity contribution in [3.05, 3.63) is 49.2 Å². The Labute approximate surface area is 91.7 Å². The lowest BCUT2D eigenvalue weighted by atomic mass is 10.3. The molecule has 0 unspecified atom stereocenters. The van der Waals surface area contributed by atoms with Gasteiger partial charge < -0.3 is 5.48 Å². The number of rotatable bonds is 1. The van der Waals surface area contributed by atoms with Crippen molar-refractivity contribution in [2.45, 2.75) is 0 Å². The summed E-state index contributed by atoms with van der Waals surface area (Å²) in [6.07, 6.45) is 5.00. The largest absolute Gasteiger partial charge is 0.412 e. The molecule has 3 aromatic rings. The van der Waals surface area contributed by atoms with Crippen molar-refractivity contribution >= 4 is 11.2 Å². The van der Waals surface area contributed by atoms with E-state index in [1.807, 2.05) is 34.9 Å². The topological polar surface area (TPSA) is 75.1 Å². The van der Waals surface area contributed by atoms with E-state index in [1.165, 1.54) is 6.33 Å². The van der Waals surface area contributed by atoms with Crippen LogP contribution < -0.4 is 0 Å². The van der Waals surface area contributed by atoms with Crippen molar-refractivity contribution in [1.82, 2.24) is 19.5 Å². The van der Waals surface area contributed by atoms with Crippen molar-refractivity contribution in [3.63, 3.8) is 0 Å². The van der Waals surface area contributed by atoms with Crippen LogP contribution in [0, 0.1) is 0 Å². The number of nitrogens with zero attached hydrogens (tertiary/aromatic N) is 4. The molecule has 0 saturated carbocycles. The lowest BCUT2D eigenvalue weighted by Crippen LogP contribution is -1.92. The van der Waals surface area contributed by atoms with Gasteiger partial charge in [0.15, 0.2) is 5.65 Å². The molecule has 0 aliphatic rings. The van der Waals surface area contributed by atoms with E-state index in [4.69, 9.17) is 0 Å². The molecule has 3 rings (SSSR count). The van der Waals surface area contributed by atoms with E-state index in [1.54, 1.807) is 12.5 Å². The molecule has 80 valence electrons. The number of aromatic nitrogens is 4. The highest BCUT2D eigenvalue weighted by atomic mass is 16.0. The fourth-order valence-corrected chi connectivity index (χ4v) is 1.54. The smallest absolute Gasteiger partial charge is 0.167 e. The Hall–Kier alpha value is -2.27. The highest BCUT2D eigenvalue weighted by Crippen LogP contribution is 2.13. The van der Waals surface area contributed by atoms with Gasteiger partial charge in [0, 0.05) is 5.69 Å². The zero-order valence-corrected chi connectivity index (χ0v) is 8.41. The molecule has 2 heterocycles. The van der Waals surface area contributed by atoms with Crippen molar-refractivity contribution in [1.29, 1.82) is 0 Å². The molecule has 0 radical (unpaired) electrons. The second-order valence-electron chi connectivity index (χ2n) is 3.18. The van der Waals surface area contributed by atoms with Gasteiger partial charge in [0.1, 0.15) is 18.2 Å². The van der Waals surface area contributed by atoms with Gasteiger partial charge in [-0.3, -0.25) is 4.57 Å². The van der Waals surface area contributed by atoms with Crippen molar-refractivity contribution < 1.29 is 5.48 Å². The Kier molecular flexibility index (Phi) is 2.61. The van der Waals surface area contributed by atoms with Gasteiger partial charge in [-0.2, -0.15) is 0 Å². The Balaban J connectivity index is 0.000000963. The second kappa shape index (κ2) is 4.08. The normalized spacial score (nSPS) is 10.0. The SMILES string of the molecule is O.c1ccc(-n2cnc3cncnc32)cc1. The minimum absolute atomic E-state index is 0. The number of imidazole rings is 1. The first-order chi connectivity index (χ1) is 7.45. The van der Waals surface area contributed by atoms with Crippen molar-refractivity contribution in [3.8, 4) is 5.69 Å². The van der Waals surface area contributed by atoms with Crippen LogP contribution in [-0.4, -0.2) is 25.0 Å². The summed E-state index contributed by atoms with van der Waals surface area (Å²) < 4.78 is 1.94. The summed E-state index contributed by atoms with van der Waals surface area (Å²) >= 11 is 0. The molecule has 0 fully saturated rings. The van der Waals surface area contributed by atoms with Gasteiger partial charge in [-0.05, 0) is 12.1 Å². The Morgan fingerprint density at radius 3 is 2.62 bits per heavy atom. The first-order valence-corrected chi connectivity index (χ1v) is 4.63. The maximum absolute atomic E-state index is 4.23. The Morgan fingerprint density at radius 2 is 1.81 bits per heavy atom. The van der Waals surface area contributed by atoms with Crippen LogP contribution in [0.2, 0.25) is 0 Å². The molecule has 5 heteroatoms. The maximum atomic E-state index is 4.23. The molecule has 0 aliphatic heterocycles. The number of benzene rings is 1. The molecule has 2 N–H and O–H groups in total. The van der Waals surface area contributed by atoms with E-state index < -0.39 is 0 Å². The summed E-state index contributed by atoms with van der Waals surface area (Å²) in [5, 5.41) is 0. The third kappa shape index (κ3) is 1.53. The average molecular weight is 214 g/mol. The first kappa shape index (κ1) is 10.3.